The minimum atomic E-state index is 0.204. The Labute approximate surface area is 94.2 Å². The minimum absolute atomic E-state index is 0.204. The number of hydrogen-bond donors (Lipinski definition) is 0. The molecular formula is C12H25ClO. The first-order valence-corrected chi connectivity index (χ1v) is 6.31. The van der Waals surface area contributed by atoms with Gasteiger partial charge >= 0.3 is 0 Å². The summed E-state index contributed by atoms with van der Waals surface area (Å²) in [5.41, 5.74) is 0. The van der Waals surface area contributed by atoms with E-state index in [9.17, 15) is 0 Å². The van der Waals surface area contributed by atoms with Crippen LogP contribution in [0.5, 0.6) is 0 Å². The lowest BCUT2D eigenvalue weighted by atomic mass is 9.94. The van der Waals surface area contributed by atoms with Gasteiger partial charge in [-0.3, -0.25) is 0 Å². The van der Waals surface area contributed by atoms with Gasteiger partial charge in [0.2, 0.25) is 0 Å². The topological polar surface area (TPSA) is 9.23 Å². The van der Waals surface area contributed by atoms with E-state index < -0.39 is 0 Å². The average molecular weight is 221 g/mol. The van der Waals surface area contributed by atoms with Gasteiger partial charge in [0, 0.05) is 7.11 Å². The van der Waals surface area contributed by atoms with Crippen LogP contribution in [0.3, 0.4) is 0 Å². The van der Waals surface area contributed by atoms with Crippen LogP contribution in [0.1, 0.15) is 52.4 Å². The van der Waals surface area contributed by atoms with E-state index in [4.69, 9.17) is 16.3 Å². The van der Waals surface area contributed by atoms with Crippen molar-refractivity contribution in [3.8, 4) is 0 Å². The normalized spacial score (nSPS) is 15.4. The summed E-state index contributed by atoms with van der Waals surface area (Å²) in [7, 11) is 1.71. The molecule has 0 amide bonds. The maximum Gasteiger partial charge on any atom is 0.0626 e. The van der Waals surface area contributed by atoms with Gasteiger partial charge in [0.15, 0.2) is 0 Å². The van der Waals surface area contributed by atoms with Crippen LogP contribution in [-0.4, -0.2) is 19.1 Å². The molecule has 1 nitrogen and oxygen atoms in total. The van der Waals surface area contributed by atoms with Crippen molar-refractivity contribution in [2.24, 2.45) is 5.92 Å². The Morgan fingerprint density at radius 2 is 1.86 bits per heavy atom. The van der Waals surface area contributed by atoms with E-state index >= 15 is 0 Å². The fourth-order valence-electron chi connectivity index (χ4n) is 1.73. The third-order valence-electron chi connectivity index (χ3n) is 2.78. The lowest BCUT2D eigenvalue weighted by Crippen LogP contribution is -2.10. The fourth-order valence-corrected chi connectivity index (χ4v) is 1.98. The molecule has 0 N–H and O–H groups in total. The molecule has 0 aromatic carbocycles. The number of methoxy groups -OCH3 is 1. The molecule has 2 atom stereocenters. The molecule has 0 fully saturated rings. The standard InChI is InChI=1S/C12H25ClO/c1-4-6-7-11(5-2)8-9-12(13)10-14-3/h11-12H,4-10H2,1-3H3. The quantitative estimate of drug-likeness (QED) is 0.529. The Bertz CT molecular complexity index is 117. The van der Waals surface area contributed by atoms with Crippen LogP contribution >= 0.6 is 11.6 Å². The van der Waals surface area contributed by atoms with Gasteiger partial charge in [0.1, 0.15) is 0 Å². The molecule has 0 aromatic rings. The number of unbranched alkanes of at least 4 members (excludes halogenated alkanes) is 1. The Balaban J connectivity index is 3.50. The maximum atomic E-state index is 6.09. The highest BCUT2D eigenvalue weighted by atomic mass is 35.5. The zero-order valence-corrected chi connectivity index (χ0v) is 10.6. The molecule has 2 unspecified atom stereocenters. The minimum Gasteiger partial charge on any atom is -0.383 e. The summed E-state index contributed by atoms with van der Waals surface area (Å²) in [6, 6.07) is 0. The predicted octanol–water partition coefficient (Wildman–Crippen LogP) is 4.24. The van der Waals surface area contributed by atoms with Gasteiger partial charge in [-0.25, -0.2) is 0 Å². The number of ether oxygens (including phenoxy) is 1. The van der Waals surface area contributed by atoms with E-state index in [0.717, 1.165) is 12.3 Å². The second-order valence-corrected chi connectivity index (χ2v) is 4.66. The second-order valence-electron chi connectivity index (χ2n) is 4.05. The van der Waals surface area contributed by atoms with E-state index in [2.05, 4.69) is 13.8 Å². The van der Waals surface area contributed by atoms with Crippen molar-refractivity contribution in [2.45, 2.75) is 57.7 Å². The van der Waals surface area contributed by atoms with Gasteiger partial charge in [-0.15, -0.1) is 11.6 Å². The number of hydrogen-bond acceptors (Lipinski definition) is 1. The molecule has 0 heterocycles. The van der Waals surface area contributed by atoms with Crippen molar-refractivity contribution < 1.29 is 4.74 Å². The molecule has 0 bridgehead atoms. The first-order chi connectivity index (χ1) is 6.74. The summed E-state index contributed by atoms with van der Waals surface area (Å²) in [4.78, 5) is 0. The lowest BCUT2D eigenvalue weighted by molar-refractivity contribution is 0.192. The van der Waals surface area contributed by atoms with E-state index in [1.54, 1.807) is 7.11 Å². The van der Waals surface area contributed by atoms with Crippen LogP contribution in [0.4, 0.5) is 0 Å². The van der Waals surface area contributed by atoms with Crippen LogP contribution in [0, 0.1) is 5.92 Å². The zero-order valence-electron chi connectivity index (χ0n) is 9.89. The molecule has 0 aliphatic rings. The number of alkyl halides is 1. The first kappa shape index (κ1) is 14.2. The highest BCUT2D eigenvalue weighted by Crippen LogP contribution is 2.20. The monoisotopic (exact) mass is 220 g/mol. The van der Waals surface area contributed by atoms with Gasteiger partial charge in [-0.1, -0.05) is 39.5 Å². The highest BCUT2D eigenvalue weighted by molar-refractivity contribution is 6.20. The molecule has 86 valence electrons. The van der Waals surface area contributed by atoms with E-state index in [1.165, 1.54) is 32.1 Å². The third-order valence-corrected chi connectivity index (χ3v) is 3.12. The van der Waals surface area contributed by atoms with Crippen molar-refractivity contribution in [3.63, 3.8) is 0 Å². The molecule has 0 saturated heterocycles. The molecular weight excluding hydrogens is 196 g/mol. The lowest BCUT2D eigenvalue weighted by Gasteiger charge is -2.16. The molecule has 0 rings (SSSR count). The molecule has 0 spiro atoms. The zero-order chi connectivity index (χ0) is 10.8. The maximum absolute atomic E-state index is 6.09. The molecule has 0 aliphatic carbocycles. The summed E-state index contributed by atoms with van der Waals surface area (Å²) in [6.07, 6.45) is 7.67. The van der Waals surface area contributed by atoms with Crippen molar-refractivity contribution in [3.05, 3.63) is 0 Å². The fraction of sp³-hybridized carbons (Fsp3) is 1.00. The van der Waals surface area contributed by atoms with E-state index in [0.29, 0.717) is 6.61 Å². The van der Waals surface area contributed by atoms with Crippen LogP contribution in [0.2, 0.25) is 0 Å². The summed E-state index contributed by atoms with van der Waals surface area (Å²) < 4.78 is 5.02. The van der Waals surface area contributed by atoms with E-state index in [-0.39, 0.29) is 5.38 Å². The van der Waals surface area contributed by atoms with Gasteiger partial charge in [0.25, 0.3) is 0 Å². The average Bonchev–Trinajstić information content (AvgIpc) is 2.19. The molecule has 0 aliphatic heterocycles. The highest BCUT2D eigenvalue weighted by Gasteiger charge is 2.09. The molecule has 0 aromatic heterocycles. The van der Waals surface area contributed by atoms with Crippen LogP contribution in [-0.2, 0) is 4.74 Å². The molecule has 0 radical (unpaired) electrons. The van der Waals surface area contributed by atoms with Crippen molar-refractivity contribution in [2.75, 3.05) is 13.7 Å². The largest absolute Gasteiger partial charge is 0.383 e. The van der Waals surface area contributed by atoms with Gasteiger partial charge < -0.3 is 4.74 Å². The number of rotatable bonds is 9. The van der Waals surface area contributed by atoms with Gasteiger partial charge in [0.05, 0.1) is 12.0 Å². The van der Waals surface area contributed by atoms with Crippen LogP contribution in [0.25, 0.3) is 0 Å². The summed E-state index contributed by atoms with van der Waals surface area (Å²) in [5, 5.41) is 0.204. The third kappa shape index (κ3) is 7.64. The van der Waals surface area contributed by atoms with Crippen LogP contribution in [0.15, 0.2) is 0 Å². The van der Waals surface area contributed by atoms with Crippen molar-refractivity contribution in [1.29, 1.82) is 0 Å². The number of halogens is 1. The van der Waals surface area contributed by atoms with Crippen molar-refractivity contribution in [1.82, 2.24) is 0 Å². The summed E-state index contributed by atoms with van der Waals surface area (Å²) >= 11 is 6.09. The second kappa shape index (κ2) is 9.79. The summed E-state index contributed by atoms with van der Waals surface area (Å²) in [5.74, 6) is 0.869. The Kier molecular flexibility index (Phi) is 9.97. The first-order valence-electron chi connectivity index (χ1n) is 5.87. The van der Waals surface area contributed by atoms with Gasteiger partial charge in [-0.05, 0) is 18.8 Å². The van der Waals surface area contributed by atoms with Crippen molar-refractivity contribution >= 4 is 11.6 Å². The molecule has 2 heteroatoms. The van der Waals surface area contributed by atoms with Crippen LogP contribution < -0.4 is 0 Å². The Hall–Kier alpha value is 0.250. The summed E-state index contributed by atoms with van der Waals surface area (Å²) in [6.45, 7) is 5.22. The predicted molar refractivity (Wildman–Crippen MR) is 64.1 cm³/mol. The Morgan fingerprint density at radius 1 is 1.14 bits per heavy atom. The van der Waals surface area contributed by atoms with E-state index in [1.807, 2.05) is 0 Å². The Morgan fingerprint density at radius 3 is 2.36 bits per heavy atom. The van der Waals surface area contributed by atoms with Gasteiger partial charge in [-0.2, -0.15) is 0 Å². The molecule has 0 saturated carbocycles. The SMILES string of the molecule is CCCCC(CC)CCC(Cl)COC. The molecule has 14 heavy (non-hydrogen) atoms. The smallest absolute Gasteiger partial charge is 0.0626 e.